The van der Waals surface area contributed by atoms with Gasteiger partial charge in [0, 0.05) is 11.8 Å². The van der Waals surface area contributed by atoms with E-state index in [1.165, 1.54) is 38.4 Å². The number of rotatable bonds is 4. The highest BCUT2D eigenvalue weighted by Gasteiger charge is 2.59. The summed E-state index contributed by atoms with van der Waals surface area (Å²) in [5.41, 5.74) is 3.60. The number of allylic oxidation sites excluding steroid dienone is 3. The predicted octanol–water partition coefficient (Wildman–Crippen LogP) is 6.07. The number of methoxy groups -OCH3 is 1. The molecule has 7 atom stereocenters. The van der Waals surface area contributed by atoms with Gasteiger partial charge in [0.05, 0.1) is 13.2 Å². The highest BCUT2D eigenvalue weighted by Crippen LogP contribution is 2.67. The van der Waals surface area contributed by atoms with Crippen LogP contribution in [0.15, 0.2) is 23.3 Å². The third kappa shape index (κ3) is 3.14. The van der Waals surface area contributed by atoms with Crippen LogP contribution in [0.3, 0.4) is 0 Å². The average Bonchev–Trinajstić information content (AvgIpc) is 3.06. The predicted molar refractivity (Wildman–Crippen MR) is 121 cm³/mol. The molecule has 0 heterocycles. The Kier molecular flexibility index (Phi) is 5.53. The quantitative estimate of drug-likeness (QED) is 0.568. The molecule has 30 heavy (non-hydrogen) atoms. The minimum Gasteiger partial charge on any atom is -0.469 e. The first-order valence-corrected chi connectivity index (χ1v) is 12.2. The minimum atomic E-state index is -0.229. The van der Waals surface area contributed by atoms with E-state index in [0.717, 1.165) is 19.3 Å². The summed E-state index contributed by atoms with van der Waals surface area (Å²) in [6.45, 7) is 11.9. The van der Waals surface area contributed by atoms with Crippen molar-refractivity contribution in [1.82, 2.24) is 0 Å². The molecule has 1 N–H and O–H groups in total. The Morgan fingerprint density at radius 1 is 1.10 bits per heavy atom. The van der Waals surface area contributed by atoms with Crippen LogP contribution in [0.5, 0.6) is 0 Å². The molecule has 0 aliphatic heterocycles. The normalized spacial score (nSPS) is 42.9. The number of fused-ring (bicyclic) bond motifs is 5. The smallest absolute Gasteiger partial charge is 0.305 e. The van der Waals surface area contributed by atoms with Gasteiger partial charge >= 0.3 is 5.97 Å². The summed E-state index contributed by atoms with van der Waals surface area (Å²) < 4.78 is 4.88. The molecule has 168 valence electrons. The van der Waals surface area contributed by atoms with E-state index in [1.807, 2.05) is 0 Å². The molecule has 3 heteroatoms. The topological polar surface area (TPSA) is 46.5 Å². The number of hydrogen-bond acceptors (Lipinski definition) is 3. The molecule has 0 amide bonds. The summed E-state index contributed by atoms with van der Waals surface area (Å²) >= 11 is 0. The Hall–Kier alpha value is -1.09. The fraction of sp³-hybridized carbons (Fsp3) is 0.815. The molecule has 4 aliphatic carbocycles. The van der Waals surface area contributed by atoms with Crippen LogP contribution in [0.2, 0.25) is 0 Å². The molecule has 0 saturated heterocycles. The number of aliphatic hydroxyl groups is 1. The zero-order valence-corrected chi connectivity index (χ0v) is 20.0. The van der Waals surface area contributed by atoms with Gasteiger partial charge in [-0.3, -0.25) is 4.79 Å². The van der Waals surface area contributed by atoms with E-state index in [2.05, 4.69) is 46.8 Å². The Morgan fingerprint density at radius 2 is 1.83 bits per heavy atom. The van der Waals surface area contributed by atoms with E-state index in [1.54, 1.807) is 5.57 Å². The van der Waals surface area contributed by atoms with Crippen LogP contribution in [0, 0.1) is 39.9 Å². The van der Waals surface area contributed by atoms with Crippen LogP contribution in [0.1, 0.15) is 86.0 Å². The third-order valence-electron chi connectivity index (χ3n) is 10.2. The van der Waals surface area contributed by atoms with Crippen LogP contribution in [0.25, 0.3) is 0 Å². The highest BCUT2D eigenvalue weighted by molar-refractivity contribution is 5.69. The van der Waals surface area contributed by atoms with Gasteiger partial charge in [-0.1, -0.05) is 57.9 Å². The number of esters is 1. The standard InChI is InChI=1S/C27H42O3/c1-17(7-12-24(29)30-6)19-9-10-20-18-8-11-22-25(2,3)23(28)14-16-27(22,5)21(18)13-15-26(19,20)4/h8,11,17,19-21,23,28H,7,9-10,12-16H2,1-6H3/t17-,19-,20+,21+,23?,26-,27-/m1/s1. The first-order valence-electron chi connectivity index (χ1n) is 12.2. The van der Waals surface area contributed by atoms with Crippen LogP contribution in [-0.2, 0) is 9.53 Å². The average molecular weight is 415 g/mol. The van der Waals surface area contributed by atoms with Gasteiger partial charge in [0.25, 0.3) is 0 Å². The highest BCUT2D eigenvalue weighted by atomic mass is 16.5. The molecule has 4 rings (SSSR count). The second-order valence-corrected chi connectivity index (χ2v) is 11.9. The summed E-state index contributed by atoms with van der Waals surface area (Å²) in [6.07, 6.45) is 13.3. The molecule has 0 aromatic heterocycles. The van der Waals surface area contributed by atoms with Gasteiger partial charge in [-0.15, -0.1) is 0 Å². The van der Waals surface area contributed by atoms with Gasteiger partial charge in [-0.05, 0) is 79.4 Å². The van der Waals surface area contributed by atoms with Crippen molar-refractivity contribution in [3.63, 3.8) is 0 Å². The molecule has 0 bridgehead atoms. The third-order valence-corrected chi connectivity index (χ3v) is 10.2. The summed E-state index contributed by atoms with van der Waals surface area (Å²) in [5.74, 6) is 2.48. The number of hydrogen-bond donors (Lipinski definition) is 1. The van der Waals surface area contributed by atoms with Gasteiger partial charge in [-0.25, -0.2) is 0 Å². The summed E-state index contributed by atoms with van der Waals surface area (Å²) in [7, 11) is 1.49. The maximum absolute atomic E-state index is 11.7. The van der Waals surface area contributed by atoms with Crippen LogP contribution in [-0.4, -0.2) is 24.3 Å². The monoisotopic (exact) mass is 414 g/mol. The van der Waals surface area contributed by atoms with Gasteiger partial charge in [-0.2, -0.15) is 0 Å². The molecule has 0 spiro atoms. The van der Waals surface area contributed by atoms with E-state index in [4.69, 9.17) is 4.74 Å². The Bertz CT molecular complexity index is 762. The van der Waals surface area contributed by atoms with E-state index >= 15 is 0 Å². The number of carbonyl (C=O) groups is 1. The SMILES string of the molecule is COC(=O)CC[C@@H](C)[C@H]1CC[C@H]2C3=CC=C4C(C)(C)C(O)CC[C@]4(C)[C@H]3CC[C@]12C. The molecule has 0 radical (unpaired) electrons. The summed E-state index contributed by atoms with van der Waals surface area (Å²) in [4.78, 5) is 11.7. The van der Waals surface area contributed by atoms with Crippen molar-refractivity contribution < 1.29 is 14.6 Å². The molecule has 0 aromatic rings. The number of aliphatic hydroxyl groups excluding tert-OH is 1. The lowest BCUT2D eigenvalue weighted by Gasteiger charge is -2.58. The molecule has 0 aromatic carbocycles. The van der Waals surface area contributed by atoms with Crippen LogP contribution in [0.4, 0.5) is 0 Å². The van der Waals surface area contributed by atoms with Crippen molar-refractivity contribution >= 4 is 5.97 Å². The first-order chi connectivity index (χ1) is 14.1. The second kappa shape index (κ2) is 7.50. The van der Waals surface area contributed by atoms with Gasteiger partial charge < -0.3 is 9.84 Å². The molecular formula is C27H42O3. The number of carbonyl (C=O) groups excluding carboxylic acids is 1. The fourth-order valence-corrected chi connectivity index (χ4v) is 8.33. The van der Waals surface area contributed by atoms with Crippen LogP contribution < -0.4 is 0 Å². The zero-order valence-electron chi connectivity index (χ0n) is 20.0. The summed E-state index contributed by atoms with van der Waals surface area (Å²) in [5, 5.41) is 10.7. The number of ether oxygens (including phenoxy) is 1. The molecular weight excluding hydrogens is 372 g/mol. The maximum Gasteiger partial charge on any atom is 0.305 e. The van der Waals surface area contributed by atoms with E-state index in [0.29, 0.717) is 35.5 Å². The van der Waals surface area contributed by atoms with Crippen molar-refractivity contribution in [2.45, 2.75) is 92.1 Å². The van der Waals surface area contributed by atoms with E-state index in [9.17, 15) is 9.90 Å². The molecule has 4 aliphatic rings. The molecule has 3 nitrogen and oxygen atoms in total. The minimum absolute atomic E-state index is 0.0760. The second-order valence-electron chi connectivity index (χ2n) is 11.9. The van der Waals surface area contributed by atoms with Gasteiger partial charge in [0.15, 0.2) is 0 Å². The first kappa shape index (κ1) is 22.1. The van der Waals surface area contributed by atoms with Crippen molar-refractivity contribution in [2.75, 3.05) is 7.11 Å². The lowest BCUT2D eigenvalue weighted by Crippen LogP contribution is -2.51. The van der Waals surface area contributed by atoms with Crippen LogP contribution >= 0.6 is 0 Å². The van der Waals surface area contributed by atoms with Crippen molar-refractivity contribution in [3.8, 4) is 0 Å². The fourth-order valence-electron chi connectivity index (χ4n) is 8.33. The van der Waals surface area contributed by atoms with Crippen molar-refractivity contribution in [1.29, 1.82) is 0 Å². The maximum atomic E-state index is 11.7. The van der Waals surface area contributed by atoms with Crippen molar-refractivity contribution in [2.24, 2.45) is 39.9 Å². The summed E-state index contributed by atoms with van der Waals surface area (Å²) in [6, 6.07) is 0. The van der Waals surface area contributed by atoms with E-state index < -0.39 is 0 Å². The zero-order chi connectivity index (χ0) is 21.9. The lowest BCUT2D eigenvalue weighted by molar-refractivity contribution is -0.141. The molecule has 3 saturated carbocycles. The van der Waals surface area contributed by atoms with E-state index in [-0.39, 0.29) is 22.9 Å². The Labute approximate surface area is 183 Å². The lowest BCUT2D eigenvalue weighted by atomic mass is 9.47. The molecule has 1 unspecified atom stereocenters. The largest absolute Gasteiger partial charge is 0.469 e. The van der Waals surface area contributed by atoms with Crippen molar-refractivity contribution in [3.05, 3.63) is 23.3 Å². The van der Waals surface area contributed by atoms with Gasteiger partial charge in [0.2, 0.25) is 0 Å². The Morgan fingerprint density at radius 3 is 2.53 bits per heavy atom. The Balaban J connectivity index is 1.60. The molecule has 3 fully saturated rings. The van der Waals surface area contributed by atoms with Gasteiger partial charge in [0.1, 0.15) is 0 Å².